The Balaban J connectivity index is 1.61. The molecule has 0 aliphatic heterocycles. The van der Waals surface area contributed by atoms with Crippen molar-refractivity contribution in [3.8, 4) is 5.75 Å². The van der Waals surface area contributed by atoms with Gasteiger partial charge in [-0.3, -0.25) is 0 Å². The molecule has 0 fully saturated rings. The first kappa shape index (κ1) is 12.2. The third kappa shape index (κ3) is 4.24. The molecule has 0 saturated carbocycles. The van der Waals surface area contributed by atoms with Crippen molar-refractivity contribution in [1.82, 2.24) is 10.2 Å². The van der Waals surface area contributed by atoms with E-state index in [2.05, 4.69) is 10.2 Å². The molecule has 0 bridgehead atoms. The van der Waals surface area contributed by atoms with Gasteiger partial charge in [0, 0.05) is 11.5 Å². The lowest BCUT2D eigenvalue weighted by Gasteiger charge is -2.04. The van der Waals surface area contributed by atoms with Crippen molar-refractivity contribution in [2.24, 2.45) is 0 Å². The van der Waals surface area contributed by atoms with Gasteiger partial charge in [-0.25, -0.2) is 0 Å². The van der Waals surface area contributed by atoms with Crippen LogP contribution in [0.1, 0.15) is 5.01 Å². The first-order valence-electron chi connectivity index (χ1n) is 5.18. The number of hydrogen-bond acceptors (Lipinski definition) is 6. The van der Waals surface area contributed by atoms with E-state index in [1.165, 1.54) is 11.3 Å². The van der Waals surface area contributed by atoms with E-state index in [4.69, 9.17) is 10.5 Å². The van der Waals surface area contributed by atoms with Crippen LogP contribution < -0.4 is 10.5 Å². The average Bonchev–Trinajstić information content (AvgIpc) is 2.76. The van der Waals surface area contributed by atoms with Crippen LogP contribution in [0.5, 0.6) is 5.75 Å². The number of para-hydroxylation sites is 1. The van der Waals surface area contributed by atoms with Gasteiger partial charge in [0.25, 0.3) is 0 Å². The second-order valence-corrected chi connectivity index (χ2v) is 5.45. The summed E-state index contributed by atoms with van der Waals surface area (Å²) in [5.74, 6) is 2.68. The fraction of sp³-hybridized carbons (Fsp3) is 0.273. The van der Waals surface area contributed by atoms with Gasteiger partial charge >= 0.3 is 0 Å². The van der Waals surface area contributed by atoms with Gasteiger partial charge in [-0.15, -0.1) is 10.2 Å². The number of nitrogens with zero attached hydrogens (tertiary/aromatic N) is 2. The van der Waals surface area contributed by atoms with Gasteiger partial charge in [0.1, 0.15) is 10.8 Å². The minimum atomic E-state index is 0.529. The molecular formula is C11H13N3OS2. The second-order valence-electron chi connectivity index (χ2n) is 3.25. The number of hydrogen-bond donors (Lipinski definition) is 1. The van der Waals surface area contributed by atoms with Gasteiger partial charge in [-0.05, 0) is 12.1 Å². The molecule has 1 heterocycles. The summed E-state index contributed by atoms with van der Waals surface area (Å²) >= 11 is 3.20. The van der Waals surface area contributed by atoms with Crippen LogP contribution in [-0.4, -0.2) is 22.6 Å². The number of nitrogen functional groups attached to an aromatic ring is 1. The molecule has 0 saturated heterocycles. The van der Waals surface area contributed by atoms with E-state index in [9.17, 15) is 0 Å². The minimum absolute atomic E-state index is 0.529. The number of anilines is 1. The molecule has 2 aromatic rings. The second kappa shape index (κ2) is 6.46. The van der Waals surface area contributed by atoms with E-state index in [0.29, 0.717) is 11.7 Å². The zero-order valence-electron chi connectivity index (χ0n) is 9.20. The van der Waals surface area contributed by atoms with Gasteiger partial charge in [0.2, 0.25) is 5.13 Å². The standard InChI is InChI=1S/C11H13N3OS2/c12-11-14-13-10(17-11)8-16-7-6-15-9-4-2-1-3-5-9/h1-5H,6-8H2,(H2,12,14). The maximum absolute atomic E-state index is 5.57. The molecule has 2 rings (SSSR count). The number of rotatable bonds is 6. The summed E-state index contributed by atoms with van der Waals surface area (Å²) in [7, 11) is 0. The molecule has 0 amide bonds. The van der Waals surface area contributed by atoms with Crippen LogP contribution in [0.3, 0.4) is 0 Å². The zero-order chi connectivity index (χ0) is 11.9. The van der Waals surface area contributed by atoms with Crippen LogP contribution in [0.15, 0.2) is 30.3 Å². The van der Waals surface area contributed by atoms with Crippen LogP contribution in [0.4, 0.5) is 5.13 Å². The Bertz CT molecular complexity index is 447. The maximum Gasteiger partial charge on any atom is 0.203 e. The van der Waals surface area contributed by atoms with Crippen molar-refractivity contribution in [1.29, 1.82) is 0 Å². The van der Waals surface area contributed by atoms with E-state index in [-0.39, 0.29) is 0 Å². The summed E-state index contributed by atoms with van der Waals surface area (Å²) in [6, 6.07) is 9.81. The first-order valence-corrected chi connectivity index (χ1v) is 7.15. The molecule has 0 spiro atoms. The summed E-state index contributed by atoms with van der Waals surface area (Å²) in [6.45, 7) is 0.697. The van der Waals surface area contributed by atoms with Gasteiger partial charge in [-0.1, -0.05) is 29.5 Å². The number of nitrogens with two attached hydrogens (primary N) is 1. The van der Waals surface area contributed by atoms with E-state index in [1.54, 1.807) is 11.8 Å². The van der Waals surface area contributed by atoms with Crippen molar-refractivity contribution in [2.45, 2.75) is 5.75 Å². The summed E-state index contributed by atoms with van der Waals surface area (Å²) < 4.78 is 5.57. The molecule has 1 aromatic carbocycles. The predicted octanol–water partition coefficient (Wildman–Crippen LogP) is 2.43. The molecule has 2 N–H and O–H groups in total. The molecule has 0 unspecified atom stereocenters. The number of thioether (sulfide) groups is 1. The van der Waals surface area contributed by atoms with E-state index in [0.717, 1.165) is 22.3 Å². The van der Waals surface area contributed by atoms with Crippen LogP contribution >= 0.6 is 23.1 Å². The summed E-state index contributed by atoms with van der Waals surface area (Å²) in [6.07, 6.45) is 0. The highest BCUT2D eigenvalue weighted by molar-refractivity contribution is 7.98. The smallest absolute Gasteiger partial charge is 0.203 e. The third-order valence-electron chi connectivity index (χ3n) is 1.95. The highest BCUT2D eigenvalue weighted by Gasteiger charge is 2.00. The lowest BCUT2D eigenvalue weighted by Crippen LogP contribution is -2.00. The van der Waals surface area contributed by atoms with Gasteiger partial charge < -0.3 is 10.5 Å². The fourth-order valence-corrected chi connectivity index (χ4v) is 2.69. The molecule has 0 aliphatic rings. The third-order valence-corrected chi connectivity index (χ3v) is 3.82. The van der Waals surface area contributed by atoms with Crippen molar-refractivity contribution in [2.75, 3.05) is 18.1 Å². The summed E-state index contributed by atoms with van der Waals surface area (Å²) in [5.41, 5.74) is 5.50. The lowest BCUT2D eigenvalue weighted by atomic mass is 10.3. The molecule has 17 heavy (non-hydrogen) atoms. The van der Waals surface area contributed by atoms with Crippen LogP contribution in [0, 0.1) is 0 Å². The Morgan fingerprint density at radius 3 is 2.76 bits per heavy atom. The molecule has 6 heteroatoms. The van der Waals surface area contributed by atoms with Crippen molar-refractivity contribution < 1.29 is 4.74 Å². The lowest BCUT2D eigenvalue weighted by molar-refractivity contribution is 0.344. The Hall–Kier alpha value is -1.27. The Morgan fingerprint density at radius 1 is 1.24 bits per heavy atom. The molecule has 4 nitrogen and oxygen atoms in total. The molecule has 1 aromatic heterocycles. The topological polar surface area (TPSA) is 61.0 Å². The SMILES string of the molecule is Nc1nnc(CSCCOc2ccccc2)s1. The first-order chi connectivity index (χ1) is 8.34. The van der Waals surface area contributed by atoms with Crippen molar-refractivity contribution in [3.05, 3.63) is 35.3 Å². The van der Waals surface area contributed by atoms with Gasteiger partial charge in [0.15, 0.2) is 0 Å². The molecule has 90 valence electrons. The molecule has 0 atom stereocenters. The molecule has 0 radical (unpaired) electrons. The monoisotopic (exact) mass is 267 g/mol. The number of benzene rings is 1. The highest BCUT2D eigenvalue weighted by atomic mass is 32.2. The van der Waals surface area contributed by atoms with Crippen LogP contribution in [0.25, 0.3) is 0 Å². The number of ether oxygens (including phenoxy) is 1. The molecular weight excluding hydrogens is 254 g/mol. The van der Waals surface area contributed by atoms with Crippen LogP contribution in [0.2, 0.25) is 0 Å². The average molecular weight is 267 g/mol. The van der Waals surface area contributed by atoms with Crippen LogP contribution in [-0.2, 0) is 5.75 Å². The largest absolute Gasteiger partial charge is 0.493 e. The predicted molar refractivity (Wildman–Crippen MR) is 72.4 cm³/mol. The number of aromatic nitrogens is 2. The van der Waals surface area contributed by atoms with E-state index in [1.807, 2.05) is 30.3 Å². The highest BCUT2D eigenvalue weighted by Crippen LogP contribution is 2.17. The van der Waals surface area contributed by atoms with Crippen molar-refractivity contribution >= 4 is 28.2 Å². The maximum atomic E-state index is 5.57. The van der Waals surface area contributed by atoms with Gasteiger partial charge in [0.05, 0.1) is 6.61 Å². The Labute approximate surface area is 108 Å². The normalized spacial score (nSPS) is 10.4. The molecule has 0 aliphatic carbocycles. The summed E-state index contributed by atoms with van der Waals surface area (Å²) in [4.78, 5) is 0. The van der Waals surface area contributed by atoms with Crippen molar-refractivity contribution in [3.63, 3.8) is 0 Å². The minimum Gasteiger partial charge on any atom is -0.493 e. The Kier molecular flexibility index (Phi) is 4.63. The zero-order valence-corrected chi connectivity index (χ0v) is 10.8. The quantitative estimate of drug-likeness (QED) is 0.814. The van der Waals surface area contributed by atoms with Gasteiger partial charge in [-0.2, -0.15) is 11.8 Å². The summed E-state index contributed by atoms with van der Waals surface area (Å²) in [5, 5.41) is 9.21. The fourth-order valence-electron chi connectivity index (χ4n) is 1.22. The van der Waals surface area contributed by atoms with E-state index < -0.39 is 0 Å². The Morgan fingerprint density at radius 2 is 2.06 bits per heavy atom. The van der Waals surface area contributed by atoms with E-state index >= 15 is 0 Å².